The van der Waals surface area contributed by atoms with Gasteiger partial charge in [0.25, 0.3) is 0 Å². The van der Waals surface area contributed by atoms with Crippen molar-refractivity contribution in [3.8, 4) is 28.1 Å². The van der Waals surface area contributed by atoms with Crippen LogP contribution in [-0.4, -0.2) is 56.8 Å². The highest BCUT2D eigenvalue weighted by Gasteiger charge is 2.21. The van der Waals surface area contributed by atoms with E-state index in [9.17, 15) is 17.6 Å². The van der Waals surface area contributed by atoms with Crippen LogP contribution in [0.25, 0.3) is 22.3 Å². The second kappa shape index (κ2) is 10.4. The molecule has 0 atom stereocenters. The number of ether oxygens (including phenoxy) is 1. The Hall–Kier alpha value is -3.50. The number of amides is 2. The molecule has 2 heterocycles. The van der Waals surface area contributed by atoms with Crippen LogP contribution in [0, 0.1) is 5.82 Å². The molecule has 1 fully saturated rings. The van der Waals surface area contributed by atoms with Gasteiger partial charge in [-0.05, 0) is 49.2 Å². The fourth-order valence-corrected chi connectivity index (χ4v) is 4.42. The van der Waals surface area contributed by atoms with Gasteiger partial charge in [0, 0.05) is 36.5 Å². The van der Waals surface area contributed by atoms with E-state index in [0.717, 1.165) is 32.2 Å². The third kappa shape index (κ3) is 6.55. The maximum absolute atomic E-state index is 14.8. The largest absolute Gasteiger partial charge is 0.474 e. The van der Waals surface area contributed by atoms with Gasteiger partial charge in [-0.1, -0.05) is 30.3 Å². The van der Waals surface area contributed by atoms with Crippen molar-refractivity contribution in [1.29, 1.82) is 0 Å². The molecule has 0 aliphatic carbocycles. The molecular formula is C25H27FN4O4S. The molecule has 0 spiro atoms. The Kier molecular flexibility index (Phi) is 7.32. The summed E-state index contributed by atoms with van der Waals surface area (Å²) < 4.78 is 46.0. The number of nitrogens with one attached hydrogen (secondary N) is 2. The topological polar surface area (TPSA) is 101 Å². The van der Waals surface area contributed by atoms with Crippen LogP contribution < -0.4 is 14.8 Å². The summed E-state index contributed by atoms with van der Waals surface area (Å²) >= 11 is 0. The summed E-state index contributed by atoms with van der Waals surface area (Å²) in [6, 6.07) is 14.0. The quantitative estimate of drug-likeness (QED) is 0.531. The number of hydrogen-bond acceptors (Lipinski definition) is 6. The number of pyridine rings is 1. The number of likely N-dealkylation sites (tertiary alicyclic amines) is 1. The summed E-state index contributed by atoms with van der Waals surface area (Å²) in [5.74, 6) is -0.114. The molecular weight excluding hydrogens is 471 g/mol. The number of carbonyl (C=O) groups excluding carboxylic acids is 1. The Morgan fingerprint density at radius 2 is 1.71 bits per heavy atom. The lowest BCUT2D eigenvalue weighted by atomic mass is 9.96. The number of benzene rings is 2. The first-order chi connectivity index (χ1) is 16.7. The number of halogens is 1. The summed E-state index contributed by atoms with van der Waals surface area (Å²) in [7, 11) is -1.74. The van der Waals surface area contributed by atoms with Gasteiger partial charge in [-0.15, -0.1) is 0 Å². The van der Waals surface area contributed by atoms with Gasteiger partial charge in [-0.3, -0.25) is 0 Å². The lowest BCUT2D eigenvalue weighted by Crippen LogP contribution is -2.35. The predicted octanol–water partition coefficient (Wildman–Crippen LogP) is 4.11. The number of sulfonamides is 1. The van der Waals surface area contributed by atoms with Gasteiger partial charge in [0.05, 0.1) is 11.9 Å². The highest BCUT2D eigenvalue weighted by Crippen LogP contribution is 2.39. The van der Waals surface area contributed by atoms with Gasteiger partial charge in [-0.25, -0.2) is 27.3 Å². The monoisotopic (exact) mass is 498 g/mol. The van der Waals surface area contributed by atoms with Gasteiger partial charge in [0.1, 0.15) is 11.9 Å². The number of rotatable bonds is 6. The first-order valence-electron chi connectivity index (χ1n) is 11.2. The van der Waals surface area contributed by atoms with Gasteiger partial charge in [0.15, 0.2) is 0 Å². The van der Waals surface area contributed by atoms with E-state index in [4.69, 9.17) is 4.74 Å². The Morgan fingerprint density at radius 1 is 1.06 bits per heavy atom. The van der Waals surface area contributed by atoms with Crippen LogP contribution in [0.15, 0.2) is 60.8 Å². The van der Waals surface area contributed by atoms with Crippen molar-refractivity contribution in [3.05, 3.63) is 66.6 Å². The van der Waals surface area contributed by atoms with Crippen LogP contribution in [0.2, 0.25) is 0 Å². The molecule has 2 aromatic carbocycles. The number of carbonyl (C=O) groups is 1. The molecule has 1 aliphatic rings. The van der Waals surface area contributed by atoms with E-state index in [1.54, 1.807) is 42.6 Å². The first kappa shape index (κ1) is 24.6. The molecule has 184 valence electrons. The minimum Gasteiger partial charge on any atom is -0.474 e. The molecule has 1 aromatic heterocycles. The number of nitrogens with zero attached hydrogens (tertiary/aromatic N) is 2. The fourth-order valence-electron chi connectivity index (χ4n) is 4.04. The maximum Gasteiger partial charge on any atom is 0.332 e. The predicted molar refractivity (Wildman–Crippen MR) is 133 cm³/mol. The molecule has 0 bridgehead atoms. The van der Waals surface area contributed by atoms with Gasteiger partial charge in [-0.2, -0.15) is 0 Å². The molecule has 1 saturated heterocycles. The maximum atomic E-state index is 14.8. The molecule has 1 aliphatic heterocycles. The molecule has 8 nitrogen and oxygen atoms in total. The van der Waals surface area contributed by atoms with Crippen molar-refractivity contribution < 1.29 is 22.3 Å². The summed E-state index contributed by atoms with van der Waals surface area (Å²) in [5, 5.41) is 2.60. The second-order valence-electron chi connectivity index (χ2n) is 8.57. The Bertz CT molecular complexity index is 1310. The third-order valence-corrected chi connectivity index (χ3v) is 6.26. The van der Waals surface area contributed by atoms with Crippen molar-refractivity contribution in [2.24, 2.45) is 0 Å². The SMILES string of the molecule is CN1CCC(Oc2cc(-c3cc(F)cc(-c4ccccc4)c3NC(=O)NS(C)(=O)=O)ccn2)CC1. The highest BCUT2D eigenvalue weighted by atomic mass is 32.2. The Balaban J connectivity index is 1.75. The summed E-state index contributed by atoms with van der Waals surface area (Å²) in [4.78, 5) is 19.0. The lowest BCUT2D eigenvalue weighted by molar-refractivity contribution is 0.110. The Labute approximate surface area is 204 Å². The Morgan fingerprint density at radius 3 is 2.37 bits per heavy atom. The summed E-state index contributed by atoms with van der Waals surface area (Å²) in [5.41, 5.74) is 2.24. The normalized spacial score (nSPS) is 14.9. The van der Waals surface area contributed by atoms with E-state index in [1.807, 2.05) is 10.8 Å². The zero-order valence-corrected chi connectivity index (χ0v) is 20.3. The van der Waals surface area contributed by atoms with Crippen molar-refractivity contribution in [2.75, 3.05) is 31.7 Å². The number of aromatic nitrogens is 1. The van der Waals surface area contributed by atoms with Gasteiger partial charge < -0.3 is 15.0 Å². The van der Waals surface area contributed by atoms with E-state index in [2.05, 4.69) is 22.2 Å². The summed E-state index contributed by atoms with van der Waals surface area (Å²) in [6.07, 6.45) is 4.22. The highest BCUT2D eigenvalue weighted by molar-refractivity contribution is 7.89. The number of urea groups is 1. The van der Waals surface area contributed by atoms with E-state index < -0.39 is 21.9 Å². The molecule has 0 unspecified atom stereocenters. The van der Waals surface area contributed by atoms with E-state index in [0.29, 0.717) is 28.1 Å². The van der Waals surface area contributed by atoms with Crippen molar-refractivity contribution >= 4 is 21.7 Å². The van der Waals surface area contributed by atoms with Crippen molar-refractivity contribution in [2.45, 2.75) is 18.9 Å². The molecule has 3 aromatic rings. The lowest BCUT2D eigenvalue weighted by Gasteiger charge is -2.29. The molecule has 35 heavy (non-hydrogen) atoms. The van der Waals surface area contributed by atoms with Crippen molar-refractivity contribution in [3.63, 3.8) is 0 Å². The molecule has 2 N–H and O–H groups in total. The van der Waals surface area contributed by atoms with E-state index >= 15 is 0 Å². The van der Waals surface area contributed by atoms with Crippen molar-refractivity contribution in [1.82, 2.24) is 14.6 Å². The zero-order chi connectivity index (χ0) is 25.0. The van der Waals surface area contributed by atoms with Crippen LogP contribution in [0.3, 0.4) is 0 Å². The van der Waals surface area contributed by atoms with Crippen LogP contribution in [0.5, 0.6) is 5.88 Å². The first-order valence-corrected chi connectivity index (χ1v) is 13.1. The van der Waals surface area contributed by atoms with Crippen LogP contribution in [0.1, 0.15) is 12.8 Å². The van der Waals surface area contributed by atoms with Crippen LogP contribution in [-0.2, 0) is 10.0 Å². The average molecular weight is 499 g/mol. The van der Waals surface area contributed by atoms with E-state index in [1.165, 1.54) is 12.1 Å². The van der Waals surface area contributed by atoms with Crippen LogP contribution in [0.4, 0.5) is 14.9 Å². The molecule has 10 heteroatoms. The van der Waals surface area contributed by atoms with Gasteiger partial charge >= 0.3 is 6.03 Å². The van der Waals surface area contributed by atoms with Crippen LogP contribution >= 0.6 is 0 Å². The standard InChI is InChI=1S/C25H27FN4O4S/c1-30-12-9-20(10-13-30)34-23-14-18(8-11-27-23)22-16-19(26)15-21(17-6-4-3-5-7-17)24(22)28-25(31)29-35(2,32)33/h3-8,11,14-16,20H,9-10,12-13H2,1-2H3,(H2,28,29,31). The minimum absolute atomic E-state index is 0.0273. The average Bonchev–Trinajstić information content (AvgIpc) is 2.81. The minimum atomic E-state index is -3.80. The number of anilines is 1. The second-order valence-corrected chi connectivity index (χ2v) is 10.3. The van der Waals surface area contributed by atoms with Gasteiger partial charge in [0.2, 0.25) is 15.9 Å². The molecule has 2 amide bonds. The van der Waals surface area contributed by atoms with E-state index in [-0.39, 0.29) is 11.8 Å². The number of piperidine rings is 1. The zero-order valence-electron chi connectivity index (χ0n) is 19.5. The molecule has 4 rings (SSSR count). The fraction of sp³-hybridized carbons (Fsp3) is 0.280. The molecule has 0 saturated carbocycles. The summed E-state index contributed by atoms with van der Waals surface area (Å²) in [6.45, 7) is 1.86. The molecule has 0 radical (unpaired) electrons. The third-order valence-electron chi connectivity index (χ3n) is 5.70. The number of hydrogen-bond donors (Lipinski definition) is 2. The smallest absolute Gasteiger partial charge is 0.332 e.